The maximum atomic E-state index is 13.6. The van der Waals surface area contributed by atoms with Gasteiger partial charge in [-0.25, -0.2) is 27.1 Å². The van der Waals surface area contributed by atoms with Crippen LogP contribution in [0.3, 0.4) is 0 Å². The van der Waals surface area contributed by atoms with Crippen LogP contribution in [-0.4, -0.2) is 49.7 Å². The molecule has 3 rings (SSSR count). The van der Waals surface area contributed by atoms with E-state index in [1.54, 1.807) is 12.1 Å². The number of nitrogens with zero attached hydrogens (tertiary/aromatic N) is 3. The van der Waals surface area contributed by atoms with Gasteiger partial charge in [-0.15, -0.1) is 0 Å². The molecule has 2 unspecified atom stereocenters. The van der Waals surface area contributed by atoms with Gasteiger partial charge in [-0.3, -0.25) is 0 Å². The van der Waals surface area contributed by atoms with Gasteiger partial charge in [-0.2, -0.15) is 6.42 Å². The van der Waals surface area contributed by atoms with Gasteiger partial charge in [-0.1, -0.05) is 26.0 Å². The average molecular weight is 491 g/mol. The molecule has 1 aromatic heterocycles. The summed E-state index contributed by atoms with van der Waals surface area (Å²) >= 11 is 0. The monoisotopic (exact) mass is 490 g/mol. The normalized spacial score (nSPS) is 20.7. The van der Waals surface area contributed by atoms with Crippen molar-refractivity contribution in [2.24, 2.45) is 0 Å². The number of hydrogen-bond acceptors (Lipinski definition) is 6. The van der Waals surface area contributed by atoms with Crippen LogP contribution in [0.5, 0.6) is 0 Å². The first-order chi connectivity index (χ1) is 15.8. The Hall–Kier alpha value is -2.36. The van der Waals surface area contributed by atoms with E-state index in [4.69, 9.17) is 9.47 Å². The van der Waals surface area contributed by atoms with Crippen molar-refractivity contribution in [2.75, 3.05) is 17.6 Å². The lowest BCUT2D eigenvalue weighted by molar-refractivity contribution is -0.289. The van der Waals surface area contributed by atoms with Gasteiger partial charge in [0.25, 0.3) is 0 Å². The van der Waals surface area contributed by atoms with Gasteiger partial charge in [0.2, 0.25) is 16.0 Å². The maximum absolute atomic E-state index is 13.6. The van der Waals surface area contributed by atoms with E-state index < -0.39 is 15.8 Å². The molecule has 2 aromatic rings. The third-order valence-electron chi connectivity index (χ3n) is 5.59. The fraction of sp³-hybridized carbons (Fsp3) is 0.480. The van der Waals surface area contributed by atoms with Crippen molar-refractivity contribution in [3.8, 4) is 11.3 Å². The van der Waals surface area contributed by atoms with Crippen LogP contribution in [0.2, 0.25) is 0 Å². The van der Waals surface area contributed by atoms with Gasteiger partial charge in [0, 0.05) is 30.7 Å². The van der Waals surface area contributed by atoms with Crippen LogP contribution in [0.15, 0.2) is 30.3 Å². The van der Waals surface area contributed by atoms with E-state index in [-0.39, 0.29) is 29.9 Å². The van der Waals surface area contributed by atoms with Crippen molar-refractivity contribution < 1.29 is 22.3 Å². The molecule has 0 amide bonds. The lowest BCUT2D eigenvalue weighted by Gasteiger charge is -2.40. The van der Waals surface area contributed by atoms with Crippen LogP contribution < -0.4 is 4.31 Å². The SMILES string of the molecule is [CH2-]CC1CC(/C=C/c2c(-c3ccc(F)cc3)nc(N(C)S(C)(=O)=O)nc2C(C)C)OC(C)(C)O1. The lowest BCUT2D eigenvalue weighted by Crippen LogP contribution is -2.43. The molecule has 2 heterocycles. The highest BCUT2D eigenvalue weighted by atomic mass is 32.2. The minimum Gasteiger partial charge on any atom is -0.350 e. The summed E-state index contributed by atoms with van der Waals surface area (Å²) in [6.45, 7) is 11.7. The zero-order valence-electron chi connectivity index (χ0n) is 20.6. The van der Waals surface area contributed by atoms with Crippen molar-refractivity contribution in [2.45, 2.75) is 64.4 Å². The van der Waals surface area contributed by atoms with Crippen LogP contribution >= 0.6 is 0 Å². The smallest absolute Gasteiger partial charge is 0.239 e. The zero-order chi connectivity index (χ0) is 25.3. The van der Waals surface area contributed by atoms with Crippen LogP contribution in [0.4, 0.5) is 10.3 Å². The largest absolute Gasteiger partial charge is 0.350 e. The third-order valence-corrected chi connectivity index (χ3v) is 6.75. The molecule has 0 aliphatic carbocycles. The summed E-state index contributed by atoms with van der Waals surface area (Å²) in [7, 11) is -2.17. The Labute approximate surface area is 202 Å². The predicted molar refractivity (Wildman–Crippen MR) is 132 cm³/mol. The van der Waals surface area contributed by atoms with Crippen molar-refractivity contribution in [3.05, 3.63) is 54.3 Å². The van der Waals surface area contributed by atoms with E-state index in [9.17, 15) is 12.8 Å². The molecular weight excluding hydrogens is 457 g/mol. The van der Waals surface area contributed by atoms with E-state index in [0.717, 1.165) is 16.1 Å². The number of ether oxygens (including phenoxy) is 2. The molecule has 0 bridgehead atoms. The number of anilines is 1. The molecule has 1 fully saturated rings. The molecule has 0 saturated carbocycles. The van der Waals surface area contributed by atoms with E-state index >= 15 is 0 Å². The summed E-state index contributed by atoms with van der Waals surface area (Å²) in [6.07, 6.45) is 6.00. The highest BCUT2D eigenvalue weighted by Crippen LogP contribution is 2.33. The summed E-state index contributed by atoms with van der Waals surface area (Å²) in [6, 6.07) is 5.94. The van der Waals surface area contributed by atoms with Crippen LogP contribution in [0.1, 0.15) is 57.7 Å². The van der Waals surface area contributed by atoms with Gasteiger partial charge in [-0.05, 0) is 44.0 Å². The minimum atomic E-state index is -3.58. The topological polar surface area (TPSA) is 81.6 Å². The molecule has 1 aromatic carbocycles. The van der Waals surface area contributed by atoms with Gasteiger partial charge < -0.3 is 16.4 Å². The Morgan fingerprint density at radius 3 is 2.44 bits per heavy atom. The molecular formula is C25H33FN3O4S-. The standard InChI is InChI=1S/C25H33FN3O4S/c1-8-19-15-20(33-25(4,5)32-19)13-14-21-22(16(2)3)27-24(29(6)34(7,30)31)28-23(21)17-9-11-18(26)12-10-17/h9-14,16,19-20H,1,8,15H2,2-7H3/q-1/b14-13+. The van der Waals surface area contributed by atoms with Gasteiger partial charge in [0.15, 0.2) is 5.79 Å². The first kappa shape index (κ1) is 26.2. The summed E-state index contributed by atoms with van der Waals surface area (Å²) in [5.41, 5.74) is 2.57. The van der Waals surface area contributed by atoms with Gasteiger partial charge >= 0.3 is 0 Å². The van der Waals surface area contributed by atoms with Crippen molar-refractivity contribution in [1.29, 1.82) is 0 Å². The third kappa shape index (κ3) is 6.20. The van der Waals surface area contributed by atoms with E-state index in [1.807, 2.05) is 39.8 Å². The fourth-order valence-electron chi connectivity index (χ4n) is 3.84. The molecule has 34 heavy (non-hydrogen) atoms. The van der Waals surface area contributed by atoms with E-state index in [2.05, 4.69) is 16.9 Å². The molecule has 9 heteroatoms. The van der Waals surface area contributed by atoms with Gasteiger partial charge in [0.05, 0.1) is 23.7 Å². The second-order valence-electron chi connectivity index (χ2n) is 9.24. The molecule has 0 radical (unpaired) electrons. The van der Waals surface area contributed by atoms with Gasteiger partial charge in [0.1, 0.15) is 5.82 Å². The van der Waals surface area contributed by atoms with E-state index in [1.165, 1.54) is 19.2 Å². The predicted octanol–water partition coefficient (Wildman–Crippen LogP) is 4.95. The fourth-order valence-corrected chi connectivity index (χ4v) is 4.22. The number of hydrogen-bond donors (Lipinski definition) is 0. The Morgan fingerprint density at radius 1 is 1.24 bits per heavy atom. The maximum Gasteiger partial charge on any atom is 0.239 e. The molecule has 0 spiro atoms. The summed E-state index contributed by atoms with van der Waals surface area (Å²) in [5, 5.41) is 0. The first-order valence-corrected chi connectivity index (χ1v) is 13.1. The van der Waals surface area contributed by atoms with Crippen molar-refractivity contribution in [3.63, 3.8) is 0 Å². The highest BCUT2D eigenvalue weighted by Gasteiger charge is 2.32. The van der Waals surface area contributed by atoms with Crippen molar-refractivity contribution in [1.82, 2.24) is 9.97 Å². The second kappa shape index (κ2) is 10.1. The average Bonchev–Trinajstić information content (AvgIpc) is 2.75. The van der Waals surface area contributed by atoms with Crippen LogP contribution in [0.25, 0.3) is 17.3 Å². The number of rotatable bonds is 7. The number of halogens is 1. The highest BCUT2D eigenvalue weighted by molar-refractivity contribution is 7.92. The number of sulfonamides is 1. The molecule has 186 valence electrons. The molecule has 1 aliphatic rings. The molecule has 7 nitrogen and oxygen atoms in total. The lowest BCUT2D eigenvalue weighted by atomic mass is 9.97. The molecule has 1 saturated heterocycles. The molecule has 0 N–H and O–H groups in total. The quantitative estimate of drug-likeness (QED) is 0.511. The Morgan fingerprint density at radius 2 is 1.88 bits per heavy atom. The minimum absolute atomic E-state index is 0.0263. The Kier molecular flexibility index (Phi) is 7.79. The Balaban J connectivity index is 2.16. The summed E-state index contributed by atoms with van der Waals surface area (Å²) in [5.74, 6) is -1.09. The zero-order valence-corrected chi connectivity index (χ0v) is 21.4. The number of aromatic nitrogens is 2. The van der Waals surface area contributed by atoms with Crippen LogP contribution in [0, 0.1) is 12.7 Å². The second-order valence-corrected chi connectivity index (χ2v) is 11.3. The molecule has 1 aliphatic heterocycles. The summed E-state index contributed by atoms with van der Waals surface area (Å²) < 4.78 is 51.1. The summed E-state index contributed by atoms with van der Waals surface area (Å²) in [4.78, 5) is 9.19. The first-order valence-electron chi connectivity index (χ1n) is 11.3. The van der Waals surface area contributed by atoms with Crippen LogP contribution in [-0.2, 0) is 19.5 Å². The van der Waals surface area contributed by atoms with E-state index in [0.29, 0.717) is 29.8 Å². The Bertz CT molecular complexity index is 1150. The number of benzene rings is 1. The van der Waals surface area contributed by atoms with Crippen molar-refractivity contribution >= 4 is 22.0 Å². The molecule has 2 atom stereocenters.